The van der Waals surface area contributed by atoms with E-state index in [9.17, 15) is 9.59 Å². The van der Waals surface area contributed by atoms with Crippen LogP contribution >= 0.6 is 0 Å². The van der Waals surface area contributed by atoms with Gasteiger partial charge in [-0.05, 0) is 30.7 Å². The minimum absolute atomic E-state index is 0.189. The first kappa shape index (κ1) is 25.0. The van der Waals surface area contributed by atoms with Crippen molar-refractivity contribution in [2.24, 2.45) is 0 Å². The predicted octanol–water partition coefficient (Wildman–Crippen LogP) is 2.29. The Balaban J connectivity index is 1.76. The third-order valence-corrected chi connectivity index (χ3v) is 3.57. The third-order valence-electron chi connectivity index (χ3n) is 3.57. The van der Waals surface area contributed by atoms with Gasteiger partial charge in [-0.25, -0.2) is 0 Å². The first-order valence-corrected chi connectivity index (χ1v) is 9.91. The summed E-state index contributed by atoms with van der Waals surface area (Å²) in [7, 11) is 0. The molecule has 0 saturated heterocycles. The second-order valence-electron chi connectivity index (χ2n) is 5.96. The fraction of sp³-hybridized carbons (Fsp3) is 0.619. The molecule has 164 valence electrons. The highest BCUT2D eigenvalue weighted by Gasteiger charge is 2.00. The summed E-state index contributed by atoms with van der Waals surface area (Å²) in [4.78, 5) is 21.7. The molecule has 1 rings (SSSR count). The Labute approximate surface area is 172 Å². The van der Waals surface area contributed by atoms with E-state index in [1.54, 1.807) is 24.3 Å². The molecule has 0 aliphatic rings. The smallest absolute Gasteiger partial charge is 0.305 e. The van der Waals surface area contributed by atoms with Crippen LogP contribution in [-0.4, -0.2) is 78.3 Å². The maximum atomic E-state index is 11.1. The van der Waals surface area contributed by atoms with Crippen molar-refractivity contribution < 1.29 is 38.0 Å². The molecule has 1 aromatic carbocycles. The topological polar surface area (TPSA) is 89.5 Å². The summed E-state index contributed by atoms with van der Waals surface area (Å²) < 4.78 is 31.9. The molecule has 0 atom stereocenters. The van der Waals surface area contributed by atoms with Gasteiger partial charge in [-0.2, -0.15) is 0 Å². The van der Waals surface area contributed by atoms with E-state index in [1.807, 2.05) is 6.92 Å². The summed E-state index contributed by atoms with van der Waals surface area (Å²) in [6, 6.07) is 6.91. The number of ether oxygens (including phenoxy) is 6. The molecule has 0 aromatic heterocycles. The highest BCUT2D eigenvalue weighted by molar-refractivity contribution is 5.74. The van der Waals surface area contributed by atoms with Crippen LogP contribution in [0.4, 0.5) is 0 Å². The van der Waals surface area contributed by atoms with Gasteiger partial charge in [0.25, 0.3) is 0 Å². The molecule has 8 nitrogen and oxygen atoms in total. The number of aldehydes is 1. The van der Waals surface area contributed by atoms with Crippen LogP contribution in [0.15, 0.2) is 24.3 Å². The van der Waals surface area contributed by atoms with Crippen molar-refractivity contribution in [1.29, 1.82) is 0 Å². The van der Waals surface area contributed by atoms with E-state index in [1.165, 1.54) is 0 Å². The average molecular weight is 412 g/mol. The second-order valence-corrected chi connectivity index (χ2v) is 5.96. The number of carbonyl (C=O) groups is 2. The van der Waals surface area contributed by atoms with Crippen LogP contribution < -0.4 is 4.74 Å². The van der Waals surface area contributed by atoms with Crippen molar-refractivity contribution in [3.8, 4) is 5.75 Å². The minimum atomic E-state index is -0.189. The van der Waals surface area contributed by atoms with Crippen LogP contribution in [0.25, 0.3) is 0 Å². The number of hydrogen-bond acceptors (Lipinski definition) is 8. The van der Waals surface area contributed by atoms with E-state index in [-0.39, 0.29) is 12.6 Å². The maximum Gasteiger partial charge on any atom is 0.305 e. The van der Waals surface area contributed by atoms with Crippen molar-refractivity contribution >= 4 is 12.3 Å². The molecular formula is C21H32O8. The van der Waals surface area contributed by atoms with Gasteiger partial charge in [0.2, 0.25) is 0 Å². The van der Waals surface area contributed by atoms with E-state index in [4.69, 9.17) is 28.4 Å². The standard InChI is InChI=1S/C21H32O8/c1-2-3-21(23)29-17-15-27-13-11-25-9-8-24-10-12-26-14-16-28-20-6-4-19(18-22)5-7-20/h4-7,18H,2-3,8-17H2,1H3. The van der Waals surface area contributed by atoms with Gasteiger partial charge in [-0.15, -0.1) is 0 Å². The zero-order chi connectivity index (χ0) is 21.0. The van der Waals surface area contributed by atoms with Crippen molar-refractivity contribution in [1.82, 2.24) is 0 Å². The van der Waals surface area contributed by atoms with Gasteiger partial charge >= 0.3 is 5.97 Å². The predicted molar refractivity (Wildman–Crippen MR) is 106 cm³/mol. The van der Waals surface area contributed by atoms with E-state index in [0.717, 1.165) is 12.7 Å². The lowest BCUT2D eigenvalue weighted by Gasteiger charge is -2.09. The number of carbonyl (C=O) groups excluding carboxylic acids is 2. The third kappa shape index (κ3) is 14.6. The Morgan fingerprint density at radius 3 is 1.72 bits per heavy atom. The molecule has 0 N–H and O–H groups in total. The van der Waals surface area contributed by atoms with Crippen LogP contribution in [0.2, 0.25) is 0 Å². The lowest BCUT2D eigenvalue weighted by atomic mass is 10.2. The summed E-state index contributed by atoms with van der Waals surface area (Å²) in [5.74, 6) is 0.514. The molecule has 1 aromatic rings. The van der Waals surface area contributed by atoms with Gasteiger partial charge in [-0.3, -0.25) is 9.59 Å². The van der Waals surface area contributed by atoms with E-state index in [2.05, 4.69) is 0 Å². The molecule has 8 heteroatoms. The Hall–Kier alpha value is -2.00. The highest BCUT2D eigenvalue weighted by Crippen LogP contribution is 2.10. The van der Waals surface area contributed by atoms with Gasteiger partial charge in [0.1, 0.15) is 25.2 Å². The molecule has 0 spiro atoms. The molecule has 29 heavy (non-hydrogen) atoms. The Morgan fingerprint density at radius 1 is 0.759 bits per heavy atom. The molecular weight excluding hydrogens is 380 g/mol. The summed E-state index contributed by atoms with van der Waals surface area (Å²) in [6.07, 6.45) is 2.02. The first-order valence-electron chi connectivity index (χ1n) is 9.91. The summed E-state index contributed by atoms with van der Waals surface area (Å²) >= 11 is 0. The molecule has 0 radical (unpaired) electrons. The average Bonchev–Trinajstić information content (AvgIpc) is 2.74. The summed E-state index contributed by atoms with van der Waals surface area (Å²) in [5, 5.41) is 0. The zero-order valence-electron chi connectivity index (χ0n) is 17.1. The zero-order valence-corrected chi connectivity index (χ0v) is 17.1. The largest absolute Gasteiger partial charge is 0.491 e. The van der Waals surface area contributed by atoms with Crippen molar-refractivity contribution in [3.63, 3.8) is 0 Å². The number of esters is 1. The van der Waals surface area contributed by atoms with Crippen molar-refractivity contribution in [2.75, 3.05) is 66.1 Å². The molecule has 0 saturated carbocycles. The lowest BCUT2D eigenvalue weighted by molar-refractivity contribution is -0.145. The van der Waals surface area contributed by atoms with Crippen LogP contribution in [0.5, 0.6) is 5.75 Å². The maximum absolute atomic E-state index is 11.1. The minimum Gasteiger partial charge on any atom is -0.491 e. The summed E-state index contributed by atoms with van der Waals surface area (Å²) in [5.41, 5.74) is 0.618. The molecule has 0 aliphatic heterocycles. The molecule has 0 amide bonds. The molecule has 0 unspecified atom stereocenters. The van der Waals surface area contributed by atoms with Gasteiger partial charge in [0.05, 0.1) is 52.9 Å². The highest BCUT2D eigenvalue weighted by atomic mass is 16.6. The first-order chi connectivity index (χ1) is 14.3. The Kier molecular flexibility index (Phi) is 15.6. The van der Waals surface area contributed by atoms with E-state index >= 15 is 0 Å². The monoisotopic (exact) mass is 412 g/mol. The van der Waals surface area contributed by atoms with Gasteiger partial charge in [-0.1, -0.05) is 6.92 Å². The van der Waals surface area contributed by atoms with Crippen molar-refractivity contribution in [3.05, 3.63) is 29.8 Å². The van der Waals surface area contributed by atoms with E-state index in [0.29, 0.717) is 77.2 Å². The van der Waals surface area contributed by atoms with Crippen LogP contribution in [-0.2, 0) is 28.5 Å². The number of benzene rings is 1. The van der Waals surface area contributed by atoms with Gasteiger partial charge < -0.3 is 28.4 Å². The molecule has 0 aliphatic carbocycles. The Morgan fingerprint density at radius 2 is 1.24 bits per heavy atom. The fourth-order valence-corrected chi connectivity index (χ4v) is 2.11. The molecule has 0 fully saturated rings. The SMILES string of the molecule is CCCC(=O)OCCOCCOCCOCCOCCOc1ccc(C=O)cc1. The second kappa shape index (κ2) is 18.1. The number of hydrogen-bond donors (Lipinski definition) is 0. The quantitative estimate of drug-likeness (QED) is 0.194. The Bertz CT molecular complexity index is 532. The van der Waals surface area contributed by atoms with Crippen LogP contribution in [0, 0.1) is 0 Å². The van der Waals surface area contributed by atoms with Gasteiger partial charge in [0, 0.05) is 12.0 Å². The number of rotatable bonds is 19. The van der Waals surface area contributed by atoms with Crippen LogP contribution in [0.3, 0.4) is 0 Å². The molecule has 0 bridgehead atoms. The molecule has 0 heterocycles. The normalized spacial score (nSPS) is 10.7. The lowest BCUT2D eigenvalue weighted by Crippen LogP contribution is -2.15. The van der Waals surface area contributed by atoms with Crippen molar-refractivity contribution in [2.45, 2.75) is 19.8 Å². The van der Waals surface area contributed by atoms with E-state index < -0.39 is 0 Å². The van der Waals surface area contributed by atoms with Gasteiger partial charge in [0.15, 0.2) is 0 Å². The van der Waals surface area contributed by atoms with Crippen LogP contribution in [0.1, 0.15) is 30.1 Å². The fourth-order valence-electron chi connectivity index (χ4n) is 2.11. The summed E-state index contributed by atoms with van der Waals surface area (Å²) in [6.45, 7) is 6.32.